The van der Waals surface area contributed by atoms with Gasteiger partial charge in [-0.05, 0) is 36.2 Å². The van der Waals surface area contributed by atoms with Crippen molar-refractivity contribution in [2.24, 2.45) is 0 Å². The summed E-state index contributed by atoms with van der Waals surface area (Å²) in [5.41, 5.74) is -0.333. The zero-order valence-corrected chi connectivity index (χ0v) is 18.2. The Morgan fingerprint density at radius 1 is 1.27 bits per heavy atom. The van der Waals surface area contributed by atoms with Crippen molar-refractivity contribution < 1.29 is 32.0 Å². The van der Waals surface area contributed by atoms with Gasteiger partial charge in [0.1, 0.15) is 23.9 Å². The van der Waals surface area contributed by atoms with Crippen LogP contribution < -0.4 is 15.7 Å². The maximum Gasteiger partial charge on any atom is 0.400 e. The molecule has 176 valence electrons. The number of amides is 2. The van der Waals surface area contributed by atoms with Gasteiger partial charge in [0.2, 0.25) is 0 Å². The van der Waals surface area contributed by atoms with Crippen LogP contribution in [-0.2, 0) is 15.0 Å². The summed E-state index contributed by atoms with van der Waals surface area (Å²) in [6, 6.07) is 3.85. The van der Waals surface area contributed by atoms with E-state index in [-0.39, 0.29) is 36.5 Å². The molecule has 2 saturated heterocycles. The summed E-state index contributed by atoms with van der Waals surface area (Å²) in [7, 11) is 0. The standard InChI is InChI=1S/C20H16Cl2F4N4O3/c21-12-5-11(6-13(22)16(12)23)19(20(24,25)26)3-4-30(9-19)15-2-1-10(7-27-15)17(31)28-14-8-33-29-18(14)32/h1-2,5-7,14H,3-4,8-9H2,(H,28,31)(H,29,32). The van der Waals surface area contributed by atoms with Gasteiger partial charge in [-0.1, -0.05) is 23.2 Å². The molecular weight excluding hydrogens is 491 g/mol. The van der Waals surface area contributed by atoms with E-state index in [9.17, 15) is 27.2 Å². The SMILES string of the molecule is O=C(NC1CONC1=O)c1ccc(N2CCC(c3cc(Cl)c(F)c(Cl)c3)(C(F)(F)F)C2)nc1. The molecule has 0 spiro atoms. The predicted molar refractivity (Wildman–Crippen MR) is 111 cm³/mol. The smallest absolute Gasteiger partial charge is 0.355 e. The predicted octanol–water partition coefficient (Wildman–Crippen LogP) is 3.40. The molecule has 2 aromatic rings. The molecule has 4 rings (SSSR count). The summed E-state index contributed by atoms with van der Waals surface area (Å²) in [4.78, 5) is 34.0. The van der Waals surface area contributed by atoms with Crippen molar-refractivity contribution in [3.63, 3.8) is 0 Å². The molecule has 2 N–H and O–H groups in total. The van der Waals surface area contributed by atoms with E-state index in [1.165, 1.54) is 23.2 Å². The Balaban J connectivity index is 1.55. The number of hydroxylamine groups is 1. The number of pyridine rings is 1. The lowest BCUT2D eigenvalue weighted by atomic mass is 9.79. The van der Waals surface area contributed by atoms with Gasteiger partial charge >= 0.3 is 6.18 Å². The number of carbonyl (C=O) groups is 2. The van der Waals surface area contributed by atoms with Crippen molar-refractivity contribution in [2.75, 3.05) is 24.6 Å². The molecule has 2 fully saturated rings. The van der Waals surface area contributed by atoms with Crippen LogP contribution in [0.3, 0.4) is 0 Å². The summed E-state index contributed by atoms with van der Waals surface area (Å²) in [6.07, 6.45) is -3.79. The van der Waals surface area contributed by atoms with Gasteiger partial charge in [-0.15, -0.1) is 0 Å². The number of halogens is 6. The molecule has 0 bridgehead atoms. The Bertz CT molecular complexity index is 1080. The number of nitrogens with one attached hydrogen (secondary N) is 2. The summed E-state index contributed by atoms with van der Waals surface area (Å²) >= 11 is 11.5. The second kappa shape index (κ2) is 8.62. The fourth-order valence-corrected chi connectivity index (χ4v) is 4.35. The fraction of sp³-hybridized carbons (Fsp3) is 0.350. The third-order valence-electron chi connectivity index (χ3n) is 5.73. The normalized spacial score (nSPS) is 23.0. The summed E-state index contributed by atoms with van der Waals surface area (Å²) < 4.78 is 56.5. The Morgan fingerprint density at radius 2 is 1.97 bits per heavy atom. The first-order valence-corrected chi connectivity index (χ1v) is 10.4. The van der Waals surface area contributed by atoms with Gasteiger partial charge in [-0.2, -0.15) is 13.2 Å². The maximum atomic E-state index is 14.2. The lowest BCUT2D eigenvalue weighted by Crippen LogP contribution is -2.45. The van der Waals surface area contributed by atoms with E-state index in [2.05, 4.69) is 15.8 Å². The molecule has 2 aliphatic rings. The van der Waals surface area contributed by atoms with Crippen LogP contribution in [-0.4, -0.2) is 48.7 Å². The van der Waals surface area contributed by atoms with Crippen LogP contribution in [0.15, 0.2) is 30.5 Å². The van der Waals surface area contributed by atoms with Crippen LogP contribution in [0.1, 0.15) is 22.3 Å². The Kier molecular flexibility index (Phi) is 6.14. The van der Waals surface area contributed by atoms with Crippen LogP contribution >= 0.6 is 23.2 Å². The highest BCUT2D eigenvalue weighted by atomic mass is 35.5. The van der Waals surface area contributed by atoms with Crippen molar-refractivity contribution in [2.45, 2.75) is 24.1 Å². The lowest BCUT2D eigenvalue weighted by molar-refractivity contribution is -0.184. The first-order valence-electron chi connectivity index (χ1n) is 9.67. The van der Waals surface area contributed by atoms with E-state index in [1.807, 2.05) is 0 Å². The minimum atomic E-state index is -4.67. The number of hydrogen-bond donors (Lipinski definition) is 2. The van der Waals surface area contributed by atoms with Crippen molar-refractivity contribution >= 4 is 40.8 Å². The summed E-state index contributed by atoms with van der Waals surface area (Å²) in [5, 5.41) is 1.49. The second-order valence-corrected chi connectivity index (χ2v) is 8.53. The molecule has 2 unspecified atom stereocenters. The number of alkyl halides is 3. The van der Waals surface area contributed by atoms with Gasteiger partial charge in [0.25, 0.3) is 11.8 Å². The number of rotatable bonds is 4. The monoisotopic (exact) mass is 506 g/mol. The van der Waals surface area contributed by atoms with E-state index in [1.54, 1.807) is 0 Å². The molecule has 33 heavy (non-hydrogen) atoms. The van der Waals surface area contributed by atoms with E-state index >= 15 is 0 Å². The third kappa shape index (κ3) is 4.32. The van der Waals surface area contributed by atoms with Gasteiger partial charge in [0.05, 0.1) is 15.6 Å². The molecule has 1 aromatic heterocycles. The van der Waals surface area contributed by atoms with Gasteiger partial charge in [-0.25, -0.2) is 14.9 Å². The number of hydrogen-bond acceptors (Lipinski definition) is 5. The number of benzene rings is 1. The molecule has 0 saturated carbocycles. The zero-order chi connectivity index (χ0) is 24.0. The topological polar surface area (TPSA) is 83.6 Å². The van der Waals surface area contributed by atoms with Crippen LogP contribution in [0.25, 0.3) is 0 Å². The van der Waals surface area contributed by atoms with Crippen molar-refractivity contribution in [1.29, 1.82) is 0 Å². The molecule has 2 atom stereocenters. The van der Waals surface area contributed by atoms with Crippen LogP contribution in [0, 0.1) is 5.82 Å². The van der Waals surface area contributed by atoms with Crippen LogP contribution in [0.5, 0.6) is 0 Å². The summed E-state index contributed by atoms with van der Waals surface area (Å²) in [6.45, 7) is -0.516. The average molecular weight is 507 g/mol. The minimum Gasteiger partial charge on any atom is -0.355 e. The number of nitrogens with zero attached hydrogens (tertiary/aromatic N) is 2. The molecule has 2 aliphatic heterocycles. The number of carbonyl (C=O) groups excluding carboxylic acids is 2. The highest BCUT2D eigenvalue weighted by Crippen LogP contribution is 2.49. The third-order valence-corrected chi connectivity index (χ3v) is 6.28. The molecule has 1 aromatic carbocycles. The zero-order valence-electron chi connectivity index (χ0n) is 16.7. The Hall–Kier alpha value is -2.63. The van der Waals surface area contributed by atoms with E-state index in [0.29, 0.717) is 0 Å². The van der Waals surface area contributed by atoms with Crippen molar-refractivity contribution in [3.05, 3.63) is 57.5 Å². The second-order valence-electron chi connectivity index (χ2n) is 7.71. The van der Waals surface area contributed by atoms with Gasteiger partial charge in [0, 0.05) is 19.3 Å². The molecule has 0 aliphatic carbocycles. The Morgan fingerprint density at radius 3 is 2.52 bits per heavy atom. The maximum absolute atomic E-state index is 14.2. The fourth-order valence-electron chi connectivity index (χ4n) is 3.87. The Labute approximate surface area is 194 Å². The van der Waals surface area contributed by atoms with E-state index in [4.69, 9.17) is 28.0 Å². The lowest BCUT2D eigenvalue weighted by Gasteiger charge is -2.33. The highest BCUT2D eigenvalue weighted by Gasteiger charge is 2.59. The molecule has 3 heterocycles. The van der Waals surface area contributed by atoms with E-state index < -0.39 is 51.9 Å². The average Bonchev–Trinajstić information content (AvgIpc) is 3.39. The molecule has 13 heteroatoms. The number of aromatic nitrogens is 1. The van der Waals surface area contributed by atoms with Crippen LogP contribution in [0.4, 0.5) is 23.4 Å². The van der Waals surface area contributed by atoms with Gasteiger partial charge < -0.3 is 10.2 Å². The molecular formula is C20H16Cl2F4N4O3. The number of anilines is 1. The van der Waals surface area contributed by atoms with Crippen LogP contribution in [0.2, 0.25) is 10.0 Å². The van der Waals surface area contributed by atoms with Crippen molar-refractivity contribution in [1.82, 2.24) is 15.8 Å². The minimum absolute atomic E-state index is 0.00422. The largest absolute Gasteiger partial charge is 0.400 e. The molecule has 7 nitrogen and oxygen atoms in total. The molecule has 2 amide bonds. The summed E-state index contributed by atoms with van der Waals surface area (Å²) in [5.74, 6) is -1.83. The first kappa shape index (κ1) is 23.5. The molecule has 0 radical (unpaired) electrons. The van der Waals surface area contributed by atoms with Crippen molar-refractivity contribution in [3.8, 4) is 0 Å². The van der Waals surface area contributed by atoms with Gasteiger partial charge in [0.15, 0.2) is 5.82 Å². The quantitative estimate of drug-likeness (QED) is 0.490. The first-order chi connectivity index (χ1) is 15.5. The van der Waals surface area contributed by atoms with E-state index in [0.717, 1.165) is 12.1 Å². The highest BCUT2D eigenvalue weighted by molar-refractivity contribution is 6.35. The van der Waals surface area contributed by atoms with Gasteiger partial charge in [-0.3, -0.25) is 14.4 Å².